The molecule has 2 heteroatoms. The van der Waals surface area contributed by atoms with Gasteiger partial charge < -0.3 is 5.32 Å². The number of hydrogen-bond donors (Lipinski definition) is 1. The van der Waals surface area contributed by atoms with Crippen molar-refractivity contribution in [3.63, 3.8) is 0 Å². The zero-order chi connectivity index (χ0) is 13.6. The Morgan fingerprint density at radius 2 is 2.00 bits per heavy atom. The third-order valence-electron chi connectivity index (χ3n) is 3.71. The number of nitrogens with zero attached hydrogens (tertiary/aromatic N) is 1. The zero-order valence-corrected chi connectivity index (χ0v) is 13.1. The summed E-state index contributed by atoms with van der Waals surface area (Å²) < 4.78 is 0. The number of unbranched alkanes of at least 4 members (excludes halogenated alkanes) is 1. The molecule has 1 rings (SSSR count). The largest absolute Gasteiger partial charge is 0.315 e. The molecule has 0 fully saturated rings. The number of hydrogen-bond acceptors (Lipinski definition) is 2. The summed E-state index contributed by atoms with van der Waals surface area (Å²) in [5, 5.41) is 3.48. The summed E-state index contributed by atoms with van der Waals surface area (Å²) in [4.78, 5) is 2.59. The molecule has 0 aromatic carbocycles. The van der Waals surface area contributed by atoms with E-state index >= 15 is 0 Å². The van der Waals surface area contributed by atoms with Gasteiger partial charge in [0.2, 0.25) is 0 Å². The summed E-state index contributed by atoms with van der Waals surface area (Å²) in [5.74, 6) is 0. The van der Waals surface area contributed by atoms with Gasteiger partial charge in [-0.05, 0) is 37.8 Å². The average Bonchev–Trinajstić information content (AvgIpc) is 2.27. The molecule has 1 N–H and O–H groups in total. The maximum atomic E-state index is 3.48. The van der Waals surface area contributed by atoms with E-state index in [9.17, 15) is 0 Å². The second kappa shape index (κ2) is 7.30. The Morgan fingerprint density at radius 1 is 1.28 bits per heavy atom. The van der Waals surface area contributed by atoms with Crippen LogP contribution in [-0.4, -0.2) is 37.1 Å². The normalized spacial score (nSPS) is 18.2. The van der Waals surface area contributed by atoms with Gasteiger partial charge in [0.1, 0.15) is 0 Å². The lowest BCUT2D eigenvalue weighted by molar-refractivity contribution is 0.273. The Bertz CT molecular complexity index is 261. The van der Waals surface area contributed by atoms with Crippen LogP contribution in [0.4, 0.5) is 0 Å². The third kappa shape index (κ3) is 6.01. The SMILES string of the molecule is CC(C)NCCCCN1CC=C(C(C)(C)C)CC1. The summed E-state index contributed by atoms with van der Waals surface area (Å²) in [6.45, 7) is 16.2. The molecule has 0 bridgehead atoms. The fourth-order valence-corrected chi connectivity index (χ4v) is 2.45. The molecule has 0 unspecified atom stereocenters. The van der Waals surface area contributed by atoms with Gasteiger partial charge in [-0.1, -0.05) is 46.3 Å². The van der Waals surface area contributed by atoms with E-state index < -0.39 is 0 Å². The van der Waals surface area contributed by atoms with Crippen LogP contribution in [0.5, 0.6) is 0 Å². The molecule has 0 saturated heterocycles. The highest BCUT2D eigenvalue weighted by Gasteiger charge is 2.20. The van der Waals surface area contributed by atoms with Crippen molar-refractivity contribution in [3.05, 3.63) is 11.6 Å². The highest BCUT2D eigenvalue weighted by molar-refractivity contribution is 5.14. The molecule has 0 aromatic heterocycles. The molecule has 0 aliphatic carbocycles. The molecule has 1 aliphatic rings. The molecule has 0 radical (unpaired) electrons. The predicted octanol–water partition coefficient (Wildman–Crippen LogP) is 3.44. The Kier molecular flexibility index (Phi) is 6.37. The van der Waals surface area contributed by atoms with Gasteiger partial charge in [-0.2, -0.15) is 0 Å². The van der Waals surface area contributed by atoms with E-state index in [0.29, 0.717) is 11.5 Å². The third-order valence-corrected chi connectivity index (χ3v) is 3.71. The van der Waals surface area contributed by atoms with E-state index in [-0.39, 0.29) is 0 Å². The molecule has 0 spiro atoms. The topological polar surface area (TPSA) is 15.3 Å². The fraction of sp³-hybridized carbons (Fsp3) is 0.875. The predicted molar refractivity (Wildman–Crippen MR) is 81.0 cm³/mol. The van der Waals surface area contributed by atoms with Gasteiger partial charge in [0, 0.05) is 19.1 Å². The molecule has 2 nitrogen and oxygen atoms in total. The molecule has 0 amide bonds. The molecule has 1 aliphatic heterocycles. The van der Waals surface area contributed by atoms with Gasteiger partial charge in [-0.3, -0.25) is 4.90 Å². The van der Waals surface area contributed by atoms with Gasteiger partial charge in [0.25, 0.3) is 0 Å². The van der Waals surface area contributed by atoms with Crippen LogP contribution >= 0.6 is 0 Å². The molecular weight excluding hydrogens is 220 g/mol. The van der Waals surface area contributed by atoms with Crippen LogP contribution in [0.2, 0.25) is 0 Å². The first kappa shape index (κ1) is 15.7. The maximum Gasteiger partial charge on any atom is 0.0166 e. The highest BCUT2D eigenvalue weighted by Crippen LogP contribution is 2.29. The van der Waals surface area contributed by atoms with E-state index in [1.807, 2.05) is 0 Å². The summed E-state index contributed by atoms with van der Waals surface area (Å²) >= 11 is 0. The Morgan fingerprint density at radius 3 is 2.50 bits per heavy atom. The zero-order valence-electron chi connectivity index (χ0n) is 13.1. The average molecular weight is 252 g/mol. The molecular formula is C16H32N2. The summed E-state index contributed by atoms with van der Waals surface area (Å²) in [5.41, 5.74) is 2.01. The molecule has 106 valence electrons. The minimum Gasteiger partial charge on any atom is -0.315 e. The van der Waals surface area contributed by atoms with Crippen LogP contribution in [0.15, 0.2) is 11.6 Å². The van der Waals surface area contributed by atoms with Crippen LogP contribution in [0.3, 0.4) is 0 Å². The standard InChI is InChI=1S/C16H32N2/c1-14(2)17-10-6-7-11-18-12-8-15(9-13-18)16(3,4)5/h8,14,17H,6-7,9-13H2,1-5H3. The first-order valence-electron chi connectivity index (χ1n) is 7.55. The molecule has 1 heterocycles. The van der Waals surface area contributed by atoms with E-state index in [1.165, 1.54) is 32.4 Å². The van der Waals surface area contributed by atoms with Crippen molar-refractivity contribution in [2.45, 2.75) is 59.9 Å². The van der Waals surface area contributed by atoms with E-state index in [4.69, 9.17) is 0 Å². The van der Waals surface area contributed by atoms with Crippen LogP contribution in [0, 0.1) is 5.41 Å². The van der Waals surface area contributed by atoms with Crippen LogP contribution < -0.4 is 5.32 Å². The van der Waals surface area contributed by atoms with Gasteiger partial charge >= 0.3 is 0 Å². The quantitative estimate of drug-likeness (QED) is 0.575. The Hall–Kier alpha value is -0.340. The van der Waals surface area contributed by atoms with Gasteiger partial charge in [0.15, 0.2) is 0 Å². The summed E-state index contributed by atoms with van der Waals surface area (Å²) in [6, 6.07) is 0.622. The summed E-state index contributed by atoms with van der Waals surface area (Å²) in [6.07, 6.45) is 6.33. The van der Waals surface area contributed by atoms with Crippen molar-refractivity contribution in [1.29, 1.82) is 0 Å². The first-order valence-corrected chi connectivity index (χ1v) is 7.55. The van der Waals surface area contributed by atoms with E-state index in [1.54, 1.807) is 5.57 Å². The number of nitrogens with one attached hydrogen (secondary N) is 1. The smallest absolute Gasteiger partial charge is 0.0166 e. The van der Waals surface area contributed by atoms with Gasteiger partial charge in [-0.15, -0.1) is 0 Å². The van der Waals surface area contributed by atoms with E-state index in [2.05, 4.69) is 50.9 Å². The van der Waals surface area contributed by atoms with E-state index in [0.717, 1.165) is 13.1 Å². The Balaban J connectivity index is 2.14. The second-order valence-corrected chi connectivity index (χ2v) is 6.85. The fourth-order valence-electron chi connectivity index (χ4n) is 2.45. The molecule has 0 atom stereocenters. The van der Waals surface area contributed by atoms with Gasteiger partial charge in [-0.25, -0.2) is 0 Å². The lowest BCUT2D eigenvalue weighted by atomic mass is 9.83. The maximum absolute atomic E-state index is 3.48. The molecule has 0 aromatic rings. The van der Waals surface area contributed by atoms with Crippen LogP contribution in [-0.2, 0) is 0 Å². The van der Waals surface area contributed by atoms with Crippen LogP contribution in [0.25, 0.3) is 0 Å². The summed E-state index contributed by atoms with van der Waals surface area (Å²) in [7, 11) is 0. The lowest BCUT2D eigenvalue weighted by Crippen LogP contribution is -2.32. The van der Waals surface area contributed by atoms with Crippen molar-refractivity contribution in [2.24, 2.45) is 5.41 Å². The van der Waals surface area contributed by atoms with Crippen molar-refractivity contribution in [3.8, 4) is 0 Å². The molecule has 0 saturated carbocycles. The van der Waals surface area contributed by atoms with Crippen molar-refractivity contribution >= 4 is 0 Å². The lowest BCUT2D eigenvalue weighted by Gasteiger charge is -2.32. The van der Waals surface area contributed by atoms with Crippen molar-refractivity contribution in [2.75, 3.05) is 26.2 Å². The first-order chi connectivity index (χ1) is 8.39. The minimum absolute atomic E-state index is 0.368. The van der Waals surface area contributed by atoms with Crippen molar-refractivity contribution in [1.82, 2.24) is 10.2 Å². The minimum atomic E-state index is 0.368. The van der Waals surface area contributed by atoms with Crippen molar-refractivity contribution < 1.29 is 0 Å². The van der Waals surface area contributed by atoms with Crippen LogP contribution in [0.1, 0.15) is 53.9 Å². The molecule has 18 heavy (non-hydrogen) atoms. The monoisotopic (exact) mass is 252 g/mol. The van der Waals surface area contributed by atoms with Gasteiger partial charge in [0.05, 0.1) is 0 Å². The Labute approximate surface area is 114 Å². The highest BCUT2D eigenvalue weighted by atomic mass is 15.1. The number of rotatable bonds is 6. The second-order valence-electron chi connectivity index (χ2n) is 6.85.